The number of para-hydroxylation sites is 1. The van der Waals surface area contributed by atoms with Crippen molar-refractivity contribution in [3.63, 3.8) is 0 Å². The van der Waals surface area contributed by atoms with Crippen LogP contribution in [0.15, 0.2) is 36.7 Å². The number of alkyl halides is 1. The number of hydrogen-bond acceptors (Lipinski definition) is 5. The first kappa shape index (κ1) is 18.1. The molecular weight excluding hydrogens is 383 g/mol. The van der Waals surface area contributed by atoms with Crippen LogP contribution in [-0.4, -0.2) is 40.4 Å². The fourth-order valence-corrected chi connectivity index (χ4v) is 4.91. The molecule has 1 saturated carbocycles. The van der Waals surface area contributed by atoms with E-state index in [1.807, 2.05) is 24.3 Å². The summed E-state index contributed by atoms with van der Waals surface area (Å²) < 4.78 is 27.5. The van der Waals surface area contributed by atoms with Gasteiger partial charge in [-0.25, -0.2) is 14.4 Å². The lowest BCUT2D eigenvalue weighted by Crippen LogP contribution is -2.48. The van der Waals surface area contributed by atoms with Crippen LogP contribution in [0, 0.1) is 5.92 Å². The molecule has 7 heteroatoms. The number of aromatic amines is 1. The van der Waals surface area contributed by atoms with Crippen molar-refractivity contribution in [3.05, 3.63) is 47.9 Å². The van der Waals surface area contributed by atoms with E-state index in [0.29, 0.717) is 38.6 Å². The van der Waals surface area contributed by atoms with E-state index in [-0.39, 0.29) is 12.0 Å². The van der Waals surface area contributed by atoms with Crippen molar-refractivity contribution in [1.82, 2.24) is 15.0 Å². The molecule has 1 aliphatic carbocycles. The van der Waals surface area contributed by atoms with Crippen molar-refractivity contribution in [1.29, 1.82) is 0 Å². The summed E-state index contributed by atoms with van der Waals surface area (Å²) in [6, 6.07) is 9.81. The maximum atomic E-state index is 16.1. The topological polar surface area (TPSA) is 72.1 Å². The van der Waals surface area contributed by atoms with Crippen molar-refractivity contribution < 1.29 is 13.9 Å². The summed E-state index contributed by atoms with van der Waals surface area (Å²) in [5.74, 6) is 1.81. The van der Waals surface area contributed by atoms with Gasteiger partial charge in [0.05, 0.1) is 24.0 Å². The second-order valence-corrected chi connectivity index (χ2v) is 8.71. The number of fused-ring (bicyclic) bond motifs is 2. The molecule has 3 aliphatic rings. The Bertz CT molecular complexity index is 1070. The first-order chi connectivity index (χ1) is 14.7. The van der Waals surface area contributed by atoms with E-state index >= 15 is 4.39 Å². The monoisotopic (exact) mass is 408 g/mol. The number of nitrogens with zero attached hydrogens (tertiary/aromatic N) is 2. The van der Waals surface area contributed by atoms with Crippen LogP contribution >= 0.6 is 0 Å². The molecule has 2 aromatic heterocycles. The van der Waals surface area contributed by atoms with E-state index in [1.54, 1.807) is 6.33 Å². The molecule has 0 amide bonds. The Morgan fingerprint density at radius 2 is 1.97 bits per heavy atom. The molecule has 1 saturated heterocycles. The molecule has 6 nitrogen and oxygen atoms in total. The van der Waals surface area contributed by atoms with E-state index in [9.17, 15) is 0 Å². The largest absolute Gasteiger partial charge is 0.493 e. The van der Waals surface area contributed by atoms with Gasteiger partial charge in [0.1, 0.15) is 29.2 Å². The molecule has 156 valence electrons. The predicted molar refractivity (Wildman–Crippen MR) is 112 cm³/mol. The molecule has 0 radical (unpaired) electrons. The lowest BCUT2D eigenvalue weighted by atomic mass is 9.75. The molecule has 4 heterocycles. The number of halogens is 1. The molecule has 0 bridgehead atoms. The average molecular weight is 408 g/mol. The number of H-pyrrole nitrogens is 1. The summed E-state index contributed by atoms with van der Waals surface area (Å²) in [7, 11) is 0. The van der Waals surface area contributed by atoms with Gasteiger partial charge in [-0.2, -0.15) is 0 Å². The minimum atomic E-state index is -1.34. The zero-order valence-corrected chi connectivity index (χ0v) is 16.7. The van der Waals surface area contributed by atoms with Crippen LogP contribution in [-0.2, 0) is 4.74 Å². The zero-order chi connectivity index (χ0) is 20.1. The number of aromatic nitrogens is 3. The Kier molecular flexibility index (Phi) is 4.19. The van der Waals surface area contributed by atoms with Gasteiger partial charge in [-0.15, -0.1) is 0 Å². The quantitative estimate of drug-likeness (QED) is 0.664. The summed E-state index contributed by atoms with van der Waals surface area (Å²) in [6.07, 6.45) is 4.76. The first-order valence-corrected chi connectivity index (χ1v) is 10.8. The van der Waals surface area contributed by atoms with Crippen molar-refractivity contribution in [2.24, 2.45) is 5.92 Å². The summed E-state index contributed by atoms with van der Waals surface area (Å²) >= 11 is 0. The van der Waals surface area contributed by atoms with Crippen molar-refractivity contribution in [2.75, 3.05) is 25.1 Å². The highest BCUT2D eigenvalue weighted by molar-refractivity contribution is 5.88. The maximum absolute atomic E-state index is 16.1. The van der Waals surface area contributed by atoms with Crippen LogP contribution in [0.3, 0.4) is 0 Å². The molecule has 2 N–H and O–H groups in total. The van der Waals surface area contributed by atoms with Crippen LogP contribution in [0.25, 0.3) is 11.0 Å². The van der Waals surface area contributed by atoms with E-state index in [4.69, 9.17) is 9.47 Å². The third-order valence-corrected chi connectivity index (χ3v) is 6.82. The standard InChI is InChI=1S/C23H25FN4O2/c24-23(7-9-29-10-8-23)17-12-30-19-4-2-1-3-15(19)20(17)28-22-16-11-18(14-5-6-14)27-21(16)25-13-26-22/h1-4,11,13-14,17,20H,5-10,12H2,(H2,25,26,27,28)/t17-,20-/m0/s1. The highest BCUT2D eigenvalue weighted by Crippen LogP contribution is 2.47. The third kappa shape index (κ3) is 3.03. The molecule has 1 aromatic carbocycles. The minimum Gasteiger partial charge on any atom is -0.493 e. The molecule has 0 unspecified atom stereocenters. The van der Waals surface area contributed by atoms with Crippen LogP contribution in [0.1, 0.15) is 48.9 Å². The minimum absolute atomic E-state index is 0.240. The Labute approximate surface area is 174 Å². The highest BCUT2D eigenvalue weighted by Gasteiger charge is 2.48. The summed E-state index contributed by atoms with van der Waals surface area (Å²) in [4.78, 5) is 12.4. The second-order valence-electron chi connectivity index (χ2n) is 8.71. The molecular formula is C23H25FN4O2. The van der Waals surface area contributed by atoms with E-state index in [1.165, 1.54) is 18.5 Å². The van der Waals surface area contributed by atoms with Crippen LogP contribution in [0.4, 0.5) is 10.2 Å². The Hall–Kier alpha value is -2.67. The molecule has 30 heavy (non-hydrogen) atoms. The van der Waals surface area contributed by atoms with Gasteiger partial charge in [-0.1, -0.05) is 18.2 Å². The molecule has 3 aromatic rings. The lowest BCUT2D eigenvalue weighted by Gasteiger charge is -2.44. The van der Waals surface area contributed by atoms with Crippen molar-refractivity contribution in [3.8, 4) is 5.75 Å². The van der Waals surface area contributed by atoms with Crippen LogP contribution in [0.5, 0.6) is 5.75 Å². The van der Waals surface area contributed by atoms with Crippen LogP contribution < -0.4 is 10.1 Å². The van der Waals surface area contributed by atoms with Crippen LogP contribution in [0.2, 0.25) is 0 Å². The zero-order valence-electron chi connectivity index (χ0n) is 16.7. The molecule has 2 atom stereocenters. The van der Waals surface area contributed by atoms with Gasteiger partial charge in [-0.05, 0) is 30.9 Å². The number of ether oxygens (including phenoxy) is 2. The average Bonchev–Trinajstić information content (AvgIpc) is 3.53. The van der Waals surface area contributed by atoms with Gasteiger partial charge >= 0.3 is 0 Å². The normalized spacial score (nSPS) is 25.5. The third-order valence-electron chi connectivity index (χ3n) is 6.82. The van der Waals surface area contributed by atoms with Gasteiger partial charge in [0.2, 0.25) is 0 Å². The number of hydrogen-bond donors (Lipinski definition) is 2. The maximum Gasteiger partial charge on any atom is 0.143 e. The predicted octanol–water partition coefficient (Wildman–Crippen LogP) is 4.52. The number of benzene rings is 1. The van der Waals surface area contributed by atoms with E-state index in [2.05, 4.69) is 26.3 Å². The van der Waals surface area contributed by atoms with Crippen molar-refractivity contribution >= 4 is 16.9 Å². The van der Waals surface area contributed by atoms with Crippen molar-refractivity contribution in [2.45, 2.75) is 43.3 Å². The second kappa shape index (κ2) is 6.94. The Morgan fingerprint density at radius 1 is 1.13 bits per heavy atom. The molecule has 2 aliphatic heterocycles. The highest BCUT2D eigenvalue weighted by atomic mass is 19.1. The number of rotatable bonds is 4. The smallest absolute Gasteiger partial charge is 0.143 e. The fourth-order valence-electron chi connectivity index (χ4n) is 4.91. The molecule has 0 spiro atoms. The summed E-state index contributed by atoms with van der Waals surface area (Å²) in [6.45, 7) is 1.23. The fraction of sp³-hybridized carbons (Fsp3) is 0.478. The van der Waals surface area contributed by atoms with E-state index < -0.39 is 5.67 Å². The number of anilines is 1. The summed E-state index contributed by atoms with van der Waals surface area (Å²) in [5.41, 5.74) is 1.67. The summed E-state index contributed by atoms with van der Waals surface area (Å²) in [5, 5.41) is 4.55. The van der Waals surface area contributed by atoms with Gasteiger partial charge in [-0.3, -0.25) is 0 Å². The van der Waals surface area contributed by atoms with E-state index in [0.717, 1.165) is 28.2 Å². The molecule has 2 fully saturated rings. The first-order valence-electron chi connectivity index (χ1n) is 10.8. The van der Waals surface area contributed by atoms with Gasteiger partial charge in [0.25, 0.3) is 0 Å². The lowest BCUT2D eigenvalue weighted by molar-refractivity contribution is -0.0629. The Morgan fingerprint density at radius 3 is 2.80 bits per heavy atom. The SMILES string of the molecule is FC1([C@H]2COc3ccccc3[C@@H]2Nc2ncnc3[nH]c(C4CC4)cc23)CCOCC1. The van der Waals surface area contributed by atoms with Gasteiger partial charge < -0.3 is 19.8 Å². The molecule has 6 rings (SSSR count). The number of nitrogens with one attached hydrogen (secondary N) is 2. The van der Waals surface area contributed by atoms with Gasteiger partial charge in [0.15, 0.2) is 0 Å². The Balaban J connectivity index is 1.41. The van der Waals surface area contributed by atoms with Gasteiger partial charge in [0, 0.05) is 37.3 Å².